The first-order chi connectivity index (χ1) is 8.48. The van der Waals surface area contributed by atoms with Gasteiger partial charge in [0.15, 0.2) is 11.6 Å². The largest absolute Gasteiger partial charge is 0.390 e. The average molecular weight is 250 g/mol. The van der Waals surface area contributed by atoms with E-state index < -0.39 is 24.1 Å². The molecule has 18 heavy (non-hydrogen) atoms. The maximum absolute atomic E-state index is 12.6. The lowest BCUT2D eigenvalue weighted by Crippen LogP contribution is -2.56. The predicted molar refractivity (Wildman–Crippen MR) is 62.6 cm³/mol. The Morgan fingerprint density at radius 2 is 2.00 bits per heavy atom. The number of hydrogen-bond acceptors (Lipinski definition) is 4. The van der Waals surface area contributed by atoms with E-state index in [2.05, 4.69) is 12.2 Å². The molecular weight excluding hydrogens is 232 g/mol. The van der Waals surface area contributed by atoms with Gasteiger partial charge in [0.2, 0.25) is 0 Å². The number of carbonyl (C=O) groups is 1. The second-order valence-electron chi connectivity index (χ2n) is 6.47. The lowest BCUT2D eigenvalue weighted by molar-refractivity contribution is -0.157. The summed E-state index contributed by atoms with van der Waals surface area (Å²) in [6, 6.07) is 0. The molecule has 0 aromatic heterocycles. The van der Waals surface area contributed by atoms with Crippen LogP contribution in [0.3, 0.4) is 0 Å². The fourth-order valence-corrected chi connectivity index (χ4v) is 4.39. The van der Waals surface area contributed by atoms with Gasteiger partial charge in [-0.15, -0.1) is 0 Å². The summed E-state index contributed by atoms with van der Waals surface area (Å²) in [7, 11) is 0. The number of rotatable bonds is 0. The van der Waals surface area contributed by atoms with Crippen molar-refractivity contribution in [2.75, 3.05) is 0 Å². The summed E-state index contributed by atoms with van der Waals surface area (Å²) in [6.45, 7) is 3.60. The van der Waals surface area contributed by atoms with Gasteiger partial charge in [0, 0.05) is 11.8 Å². The molecule has 2 bridgehead atoms. The molecule has 4 aliphatic rings. The molecule has 1 aliphatic heterocycles. The Bertz CT molecular complexity index is 441. The number of Topliss-reactive ketones (excluding diaryl/α,β-unsaturated/α-hetero) is 1. The normalized spacial score (nSPS) is 55.7. The lowest BCUT2D eigenvalue weighted by Gasteiger charge is -2.40. The second kappa shape index (κ2) is 3.24. The van der Waals surface area contributed by atoms with Crippen molar-refractivity contribution in [1.29, 1.82) is 0 Å². The smallest absolute Gasteiger partial charge is 0.168 e. The van der Waals surface area contributed by atoms with Gasteiger partial charge in [-0.3, -0.25) is 4.79 Å². The zero-order chi connectivity index (χ0) is 12.7. The monoisotopic (exact) mass is 250 g/mol. The molecule has 3 aliphatic carbocycles. The van der Waals surface area contributed by atoms with Gasteiger partial charge in [0.05, 0.1) is 6.10 Å². The van der Waals surface area contributed by atoms with Crippen molar-refractivity contribution < 1.29 is 19.4 Å². The zero-order valence-corrected chi connectivity index (χ0v) is 10.6. The second-order valence-corrected chi connectivity index (χ2v) is 6.47. The van der Waals surface area contributed by atoms with E-state index in [1.807, 2.05) is 0 Å². The first-order valence-electron chi connectivity index (χ1n) is 6.74. The fraction of sp³-hybridized carbons (Fsp3) is 0.786. The number of ether oxygens (including phenoxy) is 2. The lowest BCUT2D eigenvalue weighted by atomic mass is 9.69. The van der Waals surface area contributed by atoms with Gasteiger partial charge in [-0.25, -0.2) is 0 Å². The molecule has 1 N–H and O–H groups in total. The highest BCUT2D eigenvalue weighted by Gasteiger charge is 2.63. The summed E-state index contributed by atoms with van der Waals surface area (Å²) in [5.74, 6) is -0.0165. The minimum atomic E-state index is -0.767. The molecule has 3 fully saturated rings. The standard InChI is InChI=1S/C14H18O4/c1-14(2)17-12-10(15)8-6-3-4-7(5-6)9(8)11(16)13(12)18-14/h3-4,6-10,12-13,15H,5H2,1-2H3/t6-,7+,8-,9+,10-,12+,13?/m1/s1. The summed E-state index contributed by atoms with van der Waals surface area (Å²) >= 11 is 0. The third-order valence-electron chi connectivity index (χ3n) is 4.99. The molecule has 0 radical (unpaired) electrons. The number of fused-ring (bicyclic) bond motifs is 6. The zero-order valence-electron chi connectivity index (χ0n) is 10.6. The van der Waals surface area contributed by atoms with E-state index in [1.165, 1.54) is 0 Å². The summed E-state index contributed by atoms with van der Waals surface area (Å²) in [4.78, 5) is 12.6. The van der Waals surface area contributed by atoms with Crippen LogP contribution in [0, 0.1) is 23.7 Å². The SMILES string of the molecule is CC1(C)OC2C(=O)[C@@H]3[C@H]([C@@H](O)[C@@H]2O1)[C@@H]1C=C[C@H]3C1. The van der Waals surface area contributed by atoms with Crippen LogP contribution >= 0.6 is 0 Å². The van der Waals surface area contributed by atoms with Crippen molar-refractivity contribution in [3.05, 3.63) is 12.2 Å². The summed E-state index contributed by atoms with van der Waals surface area (Å²) in [6.07, 6.45) is 3.65. The summed E-state index contributed by atoms with van der Waals surface area (Å²) in [5, 5.41) is 10.5. The summed E-state index contributed by atoms with van der Waals surface area (Å²) in [5.41, 5.74) is 0. The van der Waals surface area contributed by atoms with Crippen LogP contribution < -0.4 is 0 Å². The van der Waals surface area contributed by atoms with Gasteiger partial charge < -0.3 is 14.6 Å². The molecule has 1 unspecified atom stereocenters. The molecule has 7 atom stereocenters. The minimum Gasteiger partial charge on any atom is -0.390 e. The van der Waals surface area contributed by atoms with Crippen LogP contribution in [-0.4, -0.2) is 35.0 Å². The minimum absolute atomic E-state index is 0.0336. The highest BCUT2D eigenvalue weighted by Crippen LogP contribution is 2.55. The van der Waals surface area contributed by atoms with Crippen molar-refractivity contribution >= 4 is 5.78 Å². The van der Waals surface area contributed by atoms with Gasteiger partial charge in [0.25, 0.3) is 0 Å². The quantitative estimate of drug-likeness (QED) is 0.649. The van der Waals surface area contributed by atoms with Gasteiger partial charge in [-0.1, -0.05) is 12.2 Å². The molecule has 0 aromatic carbocycles. The van der Waals surface area contributed by atoms with Crippen LogP contribution in [0.4, 0.5) is 0 Å². The third-order valence-corrected chi connectivity index (χ3v) is 4.99. The number of carbonyl (C=O) groups excluding carboxylic acids is 1. The Hall–Kier alpha value is -0.710. The van der Waals surface area contributed by atoms with Gasteiger partial charge in [0.1, 0.15) is 12.2 Å². The Morgan fingerprint density at radius 3 is 2.78 bits per heavy atom. The average Bonchev–Trinajstić information content (AvgIpc) is 2.96. The number of aliphatic hydroxyl groups excluding tert-OH is 1. The highest BCUT2D eigenvalue weighted by molar-refractivity contribution is 5.89. The van der Waals surface area contributed by atoms with Crippen LogP contribution in [0.25, 0.3) is 0 Å². The van der Waals surface area contributed by atoms with Crippen LogP contribution in [0.15, 0.2) is 12.2 Å². The molecule has 2 saturated carbocycles. The van der Waals surface area contributed by atoms with E-state index in [9.17, 15) is 9.90 Å². The fourth-order valence-electron chi connectivity index (χ4n) is 4.39. The van der Waals surface area contributed by atoms with E-state index in [0.29, 0.717) is 11.8 Å². The van der Waals surface area contributed by atoms with E-state index >= 15 is 0 Å². The molecule has 98 valence electrons. The van der Waals surface area contributed by atoms with E-state index in [4.69, 9.17) is 9.47 Å². The van der Waals surface area contributed by atoms with Gasteiger partial charge in [-0.05, 0) is 32.1 Å². The van der Waals surface area contributed by atoms with Crippen molar-refractivity contribution in [2.24, 2.45) is 23.7 Å². The number of allylic oxidation sites excluding steroid dienone is 2. The van der Waals surface area contributed by atoms with Crippen LogP contribution in [0.1, 0.15) is 20.3 Å². The van der Waals surface area contributed by atoms with Crippen molar-refractivity contribution in [3.63, 3.8) is 0 Å². The third kappa shape index (κ3) is 1.23. The number of aliphatic hydroxyl groups is 1. The van der Waals surface area contributed by atoms with E-state index in [-0.39, 0.29) is 17.6 Å². The molecule has 1 saturated heterocycles. The maximum atomic E-state index is 12.6. The summed E-state index contributed by atoms with van der Waals surface area (Å²) < 4.78 is 11.4. The first kappa shape index (κ1) is 11.1. The van der Waals surface area contributed by atoms with Crippen molar-refractivity contribution in [1.82, 2.24) is 0 Å². The Labute approximate surface area is 106 Å². The van der Waals surface area contributed by atoms with Crippen LogP contribution in [0.2, 0.25) is 0 Å². The van der Waals surface area contributed by atoms with E-state index in [0.717, 1.165) is 6.42 Å². The van der Waals surface area contributed by atoms with Crippen molar-refractivity contribution in [3.8, 4) is 0 Å². The first-order valence-corrected chi connectivity index (χ1v) is 6.74. The van der Waals surface area contributed by atoms with Crippen molar-refractivity contribution in [2.45, 2.75) is 44.4 Å². The molecular formula is C14H18O4. The highest BCUT2D eigenvalue weighted by atomic mass is 16.8. The van der Waals surface area contributed by atoms with Gasteiger partial charge >= 0.3 is 0 Å². The molecule has 4 rings (SSSR count). The molecule has 4 nitrogen and oxygen atoms in total. The van der Waals surface area contributed by atoms with Gasteiger partial charge in [-0.2, -0.15) is 0 Å². The Kier molecular flexibility index (Phi) is 2.01. The molecule has 4 heteroatoms. The predicted octanol–water partition coefficient (Wildman–Crippen LogP) is 0.888. The molecule has 0 spiro atoms. The molecule has 0 amide bonds. The topological polar surface area (TPSA) is 55.8 Å². The van der Waals surface area contributed by atoms with Crippen LogP contribution in [0.5, 0.6) is 0 Å². The van der Waals surface area contributed by atoms with Crippen LogP contribution in [-0.2, 0) is 14.3 Å². The van der Waals surface area contributed by atoms with E-state index in [1.54, 1.807) is 13.8 Å². The maximum Gasteiger partial charge on any atom is 0.168 e. The Balaban J connectivity index is 1.73. The number of ketones is 1. The Morgan fingerprint density at radius 1 is 1.28 bits per heavy atom. The molecule has 0 aromatic rings. The molecule has 1 heterocycles. The number of hydrogen-bond donors (Lipinski definition) is 1.